The van der Waals surface area contributed by atoms with Gasteiger partial charge >= 0.3 is 30.1 Å². The lowest BCUT2D eigenvalue weighted by Crippen LogP contribution is -2.44. The van der Waals surface area contributed by atoms with E-state index in [1.54, 1.807) is 0 Å². The summed E-state index contributed by atoms with van der Waals surface area (Å²) in [5.74, 6) is -11.5. The van der Waals surface area contributed by atoms with E-state index in [-0.39, 0.29) is 69.7 Å². The maximum Gasteiger partial charge on any atom is 0.394 e. The van der Waals surface area contributed by atoms with Crippen molar-refractivity contribution in [3.8, 4) is 11.5 Å². The SMILES string of the molecule is CCC(C)(CC(C)(CC(CC(C)(C)C(=O)OCCOc1ccc(C(=O)NO)c(O)c1)C(=O)OCCN=C(N)N)C(=O)OCCOC)C(=O)OCC(F)(F)CC(F)(F)F. The van der Waals surface area contributed by atoms with Crippen LogP contribution in [-0.4, -0.2) is 111 Å². The number of carbonyl (C=O) groups excluding carboxylic acids is 5. The molecule has 0 saturated carbocycles. The van der Waals surface area contributed by atoms with Crippen molar-refractivity contribution in [3.05, 3.63) is 23.8 Å². The second kappa shape index (κ2) is 22.2. The number of aromatic hydroxyl groups is 1. The molecule has 330 valence electrons. The minimum absolute atomic E-state index is 0.0601. The number of aliphatic imine (C=N–C) groups is 1. The molecule has 3 atom stereocenters. The Kier molecular flexibility index (Phi) is 19.6. The highest BCUT2D eigenvalue weighted by Gasteiger charge is 2.50. The lowest BCUT2D eigenvalue weighted by atomic mass is 9.66. The van der Waals surface area contributed by atoms with Crippen molar-refractivity contribution < 1.29 is 84.7 Å². The van der Waals surface area contributed by atoms with Crippen LogP contribution in [0.5, 0.6) is 11.5 Å². The molecule has 7 N–H and O–H groups in total. The number of benzene rings is 1. The second-order valence-corrected chi connectivity index (χ2v) is 14.6. The van der Waals surface area contributed by atoms with Crippen LogP contribution >= 0.6 is 0 Å². The van der Waals surface area contributed by atoms with E-state index in [0.717, 1.165) is 6.07 Å². The first kappa shape index (κ1) is 51.0. The predicted molar refractivity (Wildman–Crippen MR) is 192 cm³/mol. The lowest BCUT2D eigenvalue weighted by Gasteiger charge is -2.38. The summed E-state index contributed by atoms with van der Waals surface area (Å²) in [6.45, 7) is 3.61. The Morgan fingerprint density at radius 1 is 0.810 bits per heavy atom. The molecule has 17 nitrogen and oxygen atoms in total. The van der Waals surface area contributed by atoms with Gasteiger partial charge in [-0.05, 0) is 65.5 Å². The average molecular weight is 845 g/mol. The second-order valence-electron chi connectivity index (χ2n) is 14.6. The van der Waals surface area contributed by atoms with Crippen LogP contribution in [0.3, 0.4) is 0 Å². The Morgan fingerprint density at radius 2 is 1.41 bits per heavy atom. The summed E-state index contributed by atoms with van der Waals surface area (Å²) in [5, 5.41) is 18.8. The Balaban J connectivity index is 3.39. The van der Waals surface area contributed by atoms with Crippen LogP contribution in [0.15, 0.2) is 23.2 Å². The number of phenolic OH excluding ortho intramolecular Hbond substituents is 1. The molecule has 0 aliphatic carbocycles. The number of halogens is 5. The van der Waals surface area contributed by atoms with Gasteiger partial charge in [-0.25, -0.2) is 14.3 Å². The predicted octanol–water partition coefficient (Wildman–Crippen LogP) is 3.81. The topological polar surface area (TPSA) is 258 Å². The standard InChI is InChI=1S/C36H53F5N4O13/c1-7-33(4,29(50)58-21-35(37,38)20-36(39,40)41)19-34(5,30(51)57-13-12-53-6)18-22(27(48)55-11-10-44-31(42)43)17-32(2,3)28(49)56-15-14-54-23-8-9-24(25(46)16-23)26(47)45-52/h8-9,16,22,46,52H,7,10-15,17-21H2,1-6H3,(H,45,47)(H4,42,43,44). The molecule has 0 aromatic heterocycles. The fourth-order valence-electron chi connectivity index (χ4n) is 5.78. The van der Waals surface area contributed by atoms with Crippen molar-refractivity contribution in [2.75, 3.05) is 53.3 Å². The summed E-state index contributed by atoms with van der Waals surface area (Å²) < 4.78 is 97.5. The number of rotatable bonds is 25. The summed E-state index contributed by atoms with van der Waals surface area (Å²) in [5.41, 5.74) is 6.70. The number of guanidine groups is 1. The first-order chi connectivity index (χ1) is 26.7. The van der Waals surface area contributed by atoms with Crippen molar-refractivity contribution >= 4 is 35.7 Å². The summed E-state index contributed by atoms with van der Waals surface area (Å²) in [4.78, 5) is 69.4. The van der Waals surface area contributed by atoms with Gasteiger partial charge in [0.25, 0.3) is 11.8 Å². The van der Waals surface area contributed by atoms with Gasteiger partial charge in [-0.15, -0.1) is 0 Å². The number of nitrogens with one attached hydrogen (secondary N) is 1. The van der Waals surface area contributed by atoms with Crippen LogP contribution in [-0.2, 0) is 42.9 Å². The molecule has 0 aliphatic heterocycles. The van der Waals surface area contributed by atoms with E-state index in [1.807, 2.05) is 0 Å². The van der Waals surface area contributed by atoms with Crippen LogP contribution in [0.2, 0.25) is 0 Å². The average Bonchev–Trinajstić information content (AvgIpc) is 3.12. The third kappa shape index (κ3) is 17.2. The van der Waals surface area contributed by atoms with E-state index in [4.69, 9.17) is 40.4 Å². The molecule has 0 saturated heterocycles. The highest BCUT2D eigenvalue weighted by atomic mass is 19.4. The number of carbonyl (C=O) groups is 5. The molecule has 0 spiro atoms. The Hall–Kier alpha value is -4.99. The van der Waals surface area contributed by atoms with Gasteiger partial charge in [0, 0.05) is 13.2 Å². The van der Waals surface area contributed by atoms with Crippen molar-refractivity contribution in [2.45, 2.75) is 78.8 Å². The van der Waals surface area contributed by atoms with E-state index < -0.39 is 95.7 Å². The number of esters is 4. The molecule has 1 aromatic rings. The quantitative estimate of drug-likeness (QED) is 0.0137. The molecule has 3 unspecified atom stereocenters. The number of ether oxygens (including phenoxy) is 6. The molecule has 0 heterocycles. The van der Waals surface area contributed by atoms with Gasteiger partial charge in [-0.1, -0.05) is 6.92 Å². The maximum atomic E-state index is 14.1. The molecular weight excluding hydrogens is 791 g/mol. The molecule has 22 heteroatoms. The zero-order chi connectivity index (χ0) is 44.5. The van der Waals surface area contributed by atoms with E-state index in [1.165, 1.54) is 59.3 Å². The summed E-state index contributed by atoms with van der Waals surface area (Å²) in [6.07, 6.45) is -9.28. The summed E-state index contributed by atoms with van der Waals surface area (Å²) in [7, 11) is 1.33. The third-order valence-corrected chi connectivity index (χ3v) is 8.81. The third-order valence-electron chi connectivity index (χ3n) is 8.81. The molecule has 0 bridgehead atoms. The van der Waals surface area contributed by atoms with Crippen LogP contribution in [0, 0.1) is 22.2 Å². The Labute approximate surface area is 331 Å². The number of amides is 1. The fourth-order valence-corrected chi connectivity index (χ4v) is 5.78. The monoisotopic (exact) mass is 844 g/mol. The molecule has 58 heavy (non-hydrogen) atoms. The number of phenols is 1. The summed E-state index contributed by atoms with van der Waals surface area (Å²) >= 11 is 0. The minimum Gasteiger partial charge on any atom is -0.507 e. The summed E-state index contributed by atoms with van der Waals surface area (Å²) in [6, 6.07) is 3.57. The fraction of sp³-hybridized carbons (Fsp3) is 0.667. The zero-order valence-electron chi connectivity index (χ0n) is 33.2. The minimum atomic E-state index is -5.25. The highest BCUT2D eigenvalue weighted by molar-refractivity contribution is 5.96. The molecule has 1 amide bonds. The molecular formula is C36H53F5N4O13. The number of methoxy groups -OCH3 is 1. The van der Waals surface area contributed by atoms with Crippen molar-refractivity contribution in [2.24, 2.45) is 38.6 Å². The van der Waals surface area contributed by atoms with Crippen molar-refractivity contribution in [1.29, 1.82) is 0 Å². The number of hydrogen-bond acceptors (Lipinski definition) is 14. The molecule has 1 rings (SSSR count). The van der Waals surface area contributed by atoms with E-state index in [2.05, 4.69) is 9.73 Å². The van der Waals surface area contributed by atoms with Gasteiger partial charge < -0.3 is 45.0 Å². The first-order valence-electron chi connectivity index (χ1n) is 17.8. The lowest BCUT2D eigenvalue weighted by molar-refractivity contribution is -0.207. The van der Waals surface area contributed by atoms with Crippen molar-refractivity contribution in [3.63, 3.8) is 0 Å². The number of hydroxylamine groups is 1. The van der Waals surface area contributed by atoms with Crippen LogP contribution in [0.4, 0.5) is 22.0 Å². The Morgan fingerprint density at radius 3 is 1.97 bits per heavy atom. The molecule has 1 aromatic carbocycles. The van der Waals surface area contributed by atoms with E-state index in [9.17, 15) is 51.0 Å². The van der Waals surface area contributed by atoms with Gasteiger partial charge in [0.05, 0.1) is 40.9 Å². The normalized spacial score (nSPS) is 14.5. The van der Waals surface area contributed by atoms with Crippen LogP contribution < -0.4 is 21.7 Å². The van der Waals surface area contributed by atoms with E-state index in [0.29, 0.717) is 0 Å². The van der Waals surface area contributed by atoms with Crippen LogP contribution in [0.1, 0.15) is 77.1 Å². The largest absolute Gasteiger partial charge is 0.507 e. The molecule has 0 radical (unpaired) electrons. The van der Waals surface area contributed by atoms with Gasteiger partial charge in [-0.2, -0.15) is 13.2 Å². The molecule has 0 fully saturated rings. The number of nitrogens with two attached hydrogens (primary N) is 2. The van der Waals surface area contributed by atoms with E-state index >= 15 is 0 Å². The smallest absolute Gasteiger partial charge is 0.394 e. The zero-order valence-corrected chi connectivity index (χ0v) is 33.2. The first-order valence-corrected chi connectivity index (χ1v) is 17.8. The number of nitrogens with zero attached hydrogens (tertiary/aromatic N) is 1. The highest BCUT2D eigenvalue weighted by Crippen LogP contribution is 2.45. The number of alkyl halides is 5. The number of hydrogen-bond donors (Lipinski definition) is 5. The van der Waals surface area contributed by atoms with Gasteiger partial charge in [0.2, 0.25) is 0 Å². The molecule has 0 aliphatic rings. The van der Waals surface area contributed by atoms with Crippen molar-refractivity contribution in [1.82, 2.24) is 5.48 Å². The van der Waals surface area contributed by atoms with Gasteiger partial charge in [0.15, 0.2) is 12.6 Å². The van der Waals surface area contributed by atoms with Crippen LogP contribution in [0.25, 0.3) is 0 Å². The Bertz CT molecular complexity index is 1590. The maximum absolute atomic E-state index is 14.1. The van der Waals surface area contributed by atoms with Gasteiger partial charge in [0.1, 0.15) is 44.3 Å². The van der Waals surface area contributed by atoms with Gasteiger partial charge in [-0.3, -0.25) is 34.2 Å².